The van der Waals surface area contributed by atoms with Crippen LogP contribution in [0.3, 0.4) is 0 Å². The van der Waals surface area contributed by atoms with Crippen LogP contribution in [0, 0.1) is 0 Å². The maximum absolute atomic E-state index is 13.3. The van der Waals surface area contributed by atoms with Crippen LogP contribution in [0.15, 0.2) is 52.4 Å². The second-order valence-electron chi connectivity index (χ2n) is 7.29. The molecule has 0 atom stereocenters. The summed E-state index contributed by atoms with van der Waals surface area (Å²) in [5, 5.41) is 1.35. The molecule has 31 heavy (non-hydrogen) atoms. The molecule has 3 aromatic rings. The smallest absolute Gasteiger partial charge is 0.262 e. The monoisotopic (exact) mass is 441 g/mol. The molecule has 1 saturated heterocycles. The average molecular weight is 442 g/mol. The molecule has 0 amide bonds. The van der Waals surface area contributed by atoms with E-state index in [2.05, 4.69) is 4.90 Å². The normalized spacial score (nSPS) is 14.6. The fraction of sp³-hybridized carbons (Fsp3) is 0.391. The predicted octanol–water partition coefficient (Wildman–Crippen LogP) is 2.89. The summed E-state index contributed by atoms with van der Waals surface area (Å²) >= 11 is 1.62. The van der Waals surface area contributed by atoms with Gasteiger partial charge in [0.25, 0.3) is 5.56 Å². The fourth-order valence-corrected chi connectivity index (χ4v) is 4.65. The lowest BCUT2D eigenvalue weighted by atomic mass is 10.2. The first kappa shape index (κ1) is 21.7. The Morgan fingerprint density at radius 3 is 2.61 bits per heavy atom. The first-order valence-corrected chi connectivity index (χ1v) is 11.3. The molecule has 8 heteroatoms. The van der Waals surface area contributed by atoms with Crippen LogP contribution < -0.4 is 15.0 Å². The third kappa shape index (κ3) is 5.03. The van der Waals surface area contributed by atoms with Crippen LogP contribution >= 0.6 is 11.8 Å². The van der Waals surface area contributed by atoms with Crippen molar-refractivity contribution in [1.29, 1.82) is 0 Å². The van der Waals surface area contributed by atoms with Gasteiger partial charge in [0.05, 0.1) is 44.9 Å². The molecule has 4 rings (SSSR count). The van der Waals surface area contributed by atoms with Crippen LogP contribution in [0.25, 0.3) is 10.9 Å². The minimum absolute atomic E-state index is 0.0331. The molecular weight excluding hydrogens is 414 g/mol. The Hall–Kier alpha value is -2.55. The molecule has 0 N–H and O–H groups in total. The number of hydrogen-bond donors (Lipinski definition) is 0. The van der Waals surface area contributed by atoms with E-state index in [1.54, 1.807) is 30.5 Å². The van der Waals surface area contributed by atoms with E-state index in [1.165, 1.54) is 0 Å². The first-order valence-electron chi connectivity index (χ1n) is 10.3. The molecule has 2 aromatic carbocycles. The summed E-state index contributed by atoms with van der Waals surface area (Å²) in [5.74, 6) is 2.16. The van der Waals surface area contributed by atoms with Gasteiger partial charge in [0.1, 0.15) is 0 Å². The Labute approximate surface area is 185 Å². The molecule has 1 aliphatic heterocycles. The molecule has 1 aromatic heterocycles. The second-order valence-corrected chi connectivity index (χ2v) is 8.36. The first-order chi connectivity index (χ1) is 15.2. The van der Waals surface area contributed by atoms with Crippen molar-refractivity contribution < 1.29 is 14.2 Å². The number of benzene rings is 2. The van der Waals surface area contributed by atoms with Gasteiger partial charge >= 0.3 is 0 Å². The quantitative estimate of drug-likeness (QED) is 0.393. The van der Waals surface area contributed by atoms with Gasteiger partial charge in [0, 0.05) is 25.4 Å². The minimum atomic E-state index is -0.0331. The summed E-state index contributed by atoms with van der Waals surface area (Å²) in [4.78, 5) is 20.5. The highest BCUT2D eigenvalue weighted by atomic mass is 32.2. The molecule has 0 spiro atoms. The zero-order chi connectivity index (χ0) is 21.6. The minimum Gasteiger partial charge on any atom is -0.493 e. The zero-order valence-electron chi connectivity index (χ0n) is 17.9. The van der Waals surface area contributed by atoms with Crippen molar-refractivity contribution in [2.45, 2.75) is 11.7 Å². The number of aromatic nitrogens is 2. The van der Waals surface area contributed by atoms with Gasteiger partial charge in [-0.1, -0.05) is 30.0 Å². The number of hydrogen-bond acceptors (Lipinski definition) is 7. The molecule has 0 radical (unpaired) electrons. The molecule has 164 valence electrons. The van der Waals surface area contributed by atoms with Crippen molar-refractivity contribution in [2.24, 2.45) is 0 Å². The van der Waals surface area contributed by atoms with Gasteiger partial charge in [-0.05, 0) is 29.8 Å². The van der Waals surface area contributed by atoms with Crippen molar-refractivity contribution in [1.82, 2.24) is 14.5 Å². The Morgan fingerprint density at radius 2 is 1.84 bits per heavy atom. The van der Waals surface area contributed by atoms with Crippen LogP contribution in [0.5, 0.6) is 11.5 Å². The van der Waals surface area contributed by atoms with E-state index >= 15 is 0 Å². The van der Waals surface area contributed by atoms with Gasteiger partial charge in [-0.25, -0.2) is 4.98 Å². The van der Waals surface area contributed by atoms with Crippen LogP contribution in [0.4, 0.5) is 0 Å². The summed E-state index contributed by atoms with van der Waals surface area (Å²) in [5.41, 5.74) is 1.64. The summed E-state index contributed by atoms with van der Waals surface area (Å²) in [6, 6.07) is 13.2. The number of rotatable bonds is 8. The van der Waals surface area contributed by atoms with Crippen molar-refractivity contribution in [3.8, 4) is 11.5 Å². The standard InChI is InChI=1S/C23H27N3O4S/c1-28-20-8-7-17(15-21(20)29-2)16-26-22(27)18-5-3-4-6-19(18)24-23(26)31-14-11-25-9-12-30-13-10-25/h3-8,15H,9-14,16H2,1-2H3. The van der Waals surface area contributed by atoms with Gasteiger partial charge in [0.2, 0.25) is 0 Å². The van der Waals surface area contributed by atoms with Crippen LogP contribution in [0.1, 0.15) is 5.56 Å². The highest BCUT2D eigenvalue weighted by Gasteiger charge is 2.15. The average Bonchev–Trinajstić information content (AvgIpc) is 2.82. The van der Waals surface area contributed by atoms with E-state index in [0.29, 0.717) is 23.4 Å². The Bertz CT molecular complexity index is 1100. The molecular formula is C23H27N3O4S. The molecule has 1 fully saturated rings. The third-order valence-electron chi connectivity index (χ3n) is 5.36. The van der Waals surface area contributed by atoms with Crippen molar-refractivity contribution in [2.75, 3.05) is 52.8 Å². The number of morpholine rings is 1. The molecule has 0 saturated carbocycles. The van der Waals surface area contributed by atoms with E-state index in [1.807, 2.05) is 42.5 Å². The molecule has 0 aliphatic carbocycles. The number of fused-ring (bicyclic) bond motifs is 1. The largest absolute Gasteiger partial charge is 0.493 e. The number of methoxy groups -OCH3 is 2. The predicted molar refractivity (Wildman–Crippen MR) is 123 cm³/mol. The maximum atomic E-state index is 13.3. The fourth-order valence-electron chi connectivity index (χ4n) is 3.65. The lowest BCUT2D eigenvalue weighted by Gasteiger charge is -2.26. The van der Waals surface area contributed by atoms with E-state index < -0.39 is 0 Å². The Balaban J connectivity index is 1.63. The van der Waals surface area contributed by atoms with Crippen molar-refractivity contribution in [3.63, 3.8) is 0 Å². The van der Waals surface area contributed by atoms with Gasteiger partial charge in [-0.15, -0.1) is 0 Å². The van der Waals surface area contributed by atoms with Gasteiger partial charge in [0.15, 0.2) is 16.7 Å². The van der Waals surface area contributed by atoms with Gasteiger partial charge < -0.3 is 14.2 Å². The lowest BCUT2D eigenvalue weighted by Crippen LogP contribution is -2.37. The van der Waals surface area contributed by atoms with E-state index in [9.17, 15) is 4.79 Å². The Kier molecular flexibility index (Phi) is 7.11. The SMILES string of the molecule is COc1ccc(Cn2c(SCCN3CCOCC3)nc3ccccc3c2=O)cc1OC. The highest BCUT2D eigenvalue weighted by Crippen LogP contribution is 2.28. The summed E-state index contributed by atoms with van der Waals surface area (Å²) < 4.78 is 17.9. The van der Waals surface area contributed by atoms with Crippen molar-refractivity contribution >= 4 is 22.7 Å². The number of ether oxygens (including phenoxy) is 3. The molecule has 7 nitrogen and oxygen atoms in total. The zero-order valence-corrected chi connectivity index (χ0v) is 18.7. The van der Waals surface area contributed by atoms with Gasteiger partial charge in [-0.3, -0.25) is 14.3 Å². The third-order valence-corrected chi connectivity index (χ3v) is 6.31. The molecule has 0 unspecified atom stereocenters. The van der Waals surface area contributed by atoms with E-state index in [4.69, 9.17) is 19.2 Å². The molecule has 1 aliphatic rings. The van der Waals surface area contributed by atoms with E-state index in [0.717, 1.165) is 54.8 Å². The summed E-state index contributed by atoms with van der Waals surface area (Å²) in [6.45, 7) is 4.81. The number of nitrogens with zero attached hydrogens (tertiary/aromatic N) is 3. The van der Waals surface area contributed by atoms with Crippen LogP contribution in [0.2, 0.25) is 0 Å². The van der Waals surface area contributed by atoms with Crippen molar-refractivity contribution in [3.05, 3.63) is 58.4 Å². The maximum Gasteiger partial charge on any atom is 0.262 e. The summed E-state index contributed by atoms with van der Waals surface area (Å²) in [6.07, 6.45) is 0. The summed E-state index contributed by atoms with van der Waals surface area (Å²) in [7, 11) is 3.22. The molecule has 2 heterocycles. The second kappa shape index (κ2) is 10.2. The van der Waals surface area contributed by atoms with E-state index in [-0.39, 0.29) is 5.56 Å². The highest BCUT2D eigenvalue weighted by molar-refractivity contribution is 7.99. The van der Waals surface area contributed by atoms with Gasteiger partial charge in [-0.2, -0.15) is 0 Å². The topological polar surface area (TPSA) is 65.8 Å². The number of para-hydroxylation sites is 1. The molecule has 0 bridgehead atoms. The lowest BCUT2D eigenvalue weighted by molar-refractivity contribution is 0.0410. The van der Waals surface area contributed by atoms with Crippen LogP contribution in [-0.4, -0.2) is 67.3 Å². The van der Waals surface area contributed by atoms with Crippen LogP contribution in [-0.2, 0) is 11.3 Å². The Morgan fingerprint density at radius 1 is 1.06 bits per heavy atom. The number of thioether (sulfide) groups is 1.